The normalized spacial score (nSPS) is 16.5. The number of carboxylic acids is 1. The first-order chi connectivity index (χ1) is 7.68. The van der Waals surface area contributed by atoms with Crippen molar-refractivity contribution < 1.29 is 14.7 Å². The van der Waals surface area contributed by atoms with Crippen molar-refractivity contribution in [2.24, 2.45) is 5.10 Å². The van der Waals surface area contributed by atoms with Crippen LogP contribution in [0.5, 0.6) is 0 Å². The van der Waals surface area contributed by atoms with Crippen molar-refractivity contribution >= 4 is 35.1 Å². The van der Waals surface area contributed by atoms with Crippen LogP contribution in [0.3, 0.4) is 0 Å². The Labute approximate surface area is 94.3 Å². The van der Waals surface area contributed by atoms with Crippen molar-refractivity contribution in [1.82, 2.24) is 5.43 Å². The van der Waals surface area contributed by atoms with E-state index in [1.807, 2.05) is 0 Å². The molecule has 2 heterocycles. The molecule has 0 fully saturated rings. The number of hydrogen-bond donors (Lipinski definition) is 3. The fourth-order valence-electron chi connectivity index (χ4n) is 1.13. The van der Waals surface area contributed by atoms with Crippen LogP contribution in [-0.2, 0) is 4.79 Å². The number of hydrogen-bond acceptors (Lipinski definition) is 5. The average Bonchev–Trinajstić information content (AvgIpc) is 2.83. The number of carbonyl (C=O) groups is 2. The van der Waals surface area contributed by atoms with Gasteiger partial charge in [-0.15, -0.1) is 11.3 Å². The average molecular weight is 237 g/mol. The van der Waals surface area contributed by atoms with Crippen molar-refractivity contribution in [1.29, 1.82) is 0 Å². The fraction of sp³-hybridized carbons (Fsp3) is 0. The molecule has 0 bridgehead atoms. The lowest BCUT2D eigenvalue weighted by Gasteiger charge is -1.99. The molecular weight excluding hydrogens is 230 g/mol. The number of nitrogens with zero attached hydrogens (tertiary/aromatic N) is 1. The second-order valence-electron chi connectivity index (χ2n) is 2.91. The number of rotatable bonds is 3. The number of amides is 1. The summed E-state index contributed by atoms with van der Waals surface area (Å²) in [4.78, 5) is 22.1. The third-order valence-corrected chi connectivity index (χ3v) is 2.78. The standard InChI is InChI=1S/C9H7N3O3S/c13-8-5(4-11-12-8)3-10-6-1-2-16-7(6)9(14)15/h1-4,10H,(H,12,13)(H,14,15)/b5-3+. The number of hydrazone groups is 1. The molecular formula is C9H7N3O3S. The summed E-state index contributed by atoms with van der Waals surface area (Å²) in [5, 5.41) is 16.8. The summed E-state index contributed by atoms with van der Waals surface area (Å²) in [6.07, 6.45) is 2.78. The SMILES string of the molecule is O=C1NN=C/C1=C\Nc1ccsc1C(=O)O. The van der Waals surface area contributed by atoms with Gasteiger partial charge in [-0.1, -0.05) is 0 Å². The third kappa shape index (κ3) is 1.94. The van der Waals surface area contributed by atoms with Crippen LogP contribution in [0.1, 0.15) is 9.67 Å². The Hall–Kier alpha value is -2.15. The summed E-state index contributed by atoms with van der Waals surface area (Å²) < 4.78 is 0. The van der Waals surface area contributed by atoms with Gasteiger partial charge in [-0.05, 0) is 11.4 Å². The number of carboxylic acid groups (broad SMARTS) is 1. The second-order valence-corrected chi connectivity index (χ2v) is 3.83. The van der Waals surface area contributed by atoms with Crippen molar-refractivity contribution in [3.8, 4) is 0 Å². The highest BCUT2D eigenvalue weighted by atomic mass is 32.1. The molecule has 7 heteroatoms. The number of aromatic carboxylic acids is 1. The van der Waals surface area contributed by atoms with Crippen molar-refractivity contribution in [3.63, 3.8) is 0 Å². The molecule has 1 amide bonds. The lowest BCUT2D eigenvalue weighted by atomic mass is 10.3. The van der Waals surface area contributed by atoms with Gasteiger partial charge in [0.1, 0.15) is 4.88 Å². The zero-order chi connectivity index (χ0) is 11.5. The second kappa shape index (κ2) is 4.15. The van der Waals surface area contributed by atoms with E-state index in [0.717, 1.165) is 11.3 Å². The van der Waals surface area contributed by atoms with E-state index in [-0.39, 0.29) is 10.8 Å². The maximum absolute atomic E-state index is 11.1. The molecule has 1 aromatic rings. The third-order valence-electron chi connectivity index (χ3n) is 1.87. The first-order valence-electron chi connectivity index (χ1n) is 4.29. The largest absolute Gasteiger partial charge is 0.477 e. The molecule has 1 aliphatic heterocycles. The number of nitrogens with one attached hydrogen (secondary N) is 2. The van der Waals surface area contributed by atoms with Gasteiger partial charge < -0.3 is 10.4 Å². The van der Waals surface area contributed by atoms with E-state index < -0.39 is 5.97 Å². The van der Waals surface area contributed by atoms with Crippen molar-refractivity contribution in [3.05, 3.63) is 28.1 Å². The summed E-state index contributed by atoms with van der Waals surface area (Å²) in [6.45, 7) is 0. The van der Waals surface area contributed by atoms with E-state index in [9.17, 15) is 9.59 Å². The minimum absolute atomic E-state index is 0.201. The van der Waals surface area contributed by atoms with Gasteiger partial charge in [0.25, 0.3) is 5.91 Å². The maximum atomic E-state index is 11.1. The molecule has 0 spiro atoms. The van der Waals surface area contributed by atoms with E-state index in [1.165, 1.54) is 12.4 Å². The van der Waals surface area contributed by atoms with Gasteiger partial charge in [0.2, 0.25) is 0 Å². The van der Waals surface area contributed by atoms with Gasteiger partial charge in [-0.2, -0.15) is 5.10 Å². The molecule has 1 aliphatic rings. The Morgan fingerprint density at radius 3 is 3.06 bits per heavy atom. The van der Waals surface area contributed by atoms with E-state index in [1.54, 1.807) is 11.4 Å². The van der Waals surface area contributed by atoms with Crippen LogP contribution in [0.2, 0.25) is 0 Å². The minimum atomic E-state index is -1.000. The van der Waals surface area contributed by atoms with Crippen LogP contribution in [0.4, 0.5) is 5.69 Å². The van der Waals surface area contributed by atoms with Crippen LogP contribution in [-0.4, -0.2) is 23.2 Å². The number of thiophene rings is 1. The van der Waals surface area contributed by atoms with Crippen LogP contribution < -0.4 is 10.7 Å². The summed E-state index contributed by atoms with van der Waals surface area (Å²) in [5.41, 5.74) is 3.05. The molecule has 0 radical (unpaired) electrons. The Bertz CT molecular complexity index is 504. The minimum Gasteiger partial charge on any atom is -0.477 e. The molecule has 0 saturated carbocycles. The van der Waals surface area contributed by atoms with Crippen LogP contribution in [0.15, 0.2) is 28.3 Å². The summed E-state index contributed by atoms with van der Waals surface area (Å²) in [6, 6.07) is 1.63. The molecule has 82 valence electrons. The van der Waals surface area contributed by atoms with Crippen molar-refractivity contribution in [2.45, 2.75) is 0 Å². The molecule has 0 atom stereocenters. The molecule has 0 unspecified atom stereocenters. The summed E-state index contributed by atoms with van der Waals surface area (Å²) >= 11 is 1.12. The Balaban J connectivity index is 2.16. The monoisotopic (exact) mass is 237 g/mol. The lowest BCUT2D eigenvalue weighted by molar-refractivity contribution is -0.116. The highest BCUT2D eigenvalue weighted by molar-refractivity contribution is 7.12. The molecule has 3 N–H and O–H groups in total. The van der Waals surface area contributed by atoms with E-state index >= 15 is 0 Å². The summed E-state index contributed by atoms with van der Waals surface area (Å²) in [5.74, 6) is -1.32. The fourth-order valence-corrected chi connectivity index (χ4v) is 1.83. The quantitative estimate of drug-likeness (QED) is 0.680. The highest BCUT2D eigenvalue weighted by Gasteiger charge is 2.13. The van der Waals surface area contributed by atoms with Crippen LogP contribution in [0.25, 0.3) is 0 Å². The predicted octanol–water partition coefficient (Wildman–Crippen LogP) is 0.858. The lowest BCUT2D eigenvalue weighted by Crippen LogP contribution is -2.12. The van der Waals surface area contributed by atoms with E-state index in [4.69, 9.17) is 5.11 Å². The van der Waals surface area contributed by atoms with Crippen LogP contribution in [0, 0.1) is 0 Å². The van der Waals surface area contributed by atoms with Crippen LogP contribution >= 0.6 is 11.3 Å². The summed E-state index contributed by atoms with van der Waals surface area (Å²) in [7, 11) is 0. The topological polar surface area (TPSA) is 90.8 Å². The molecule has 0 saturated heterocycles. The van der Waals surface area contributed by atoms with Crippen molar-refractivity contribution in [2.75, 3.05) is 5.32 Å². The Morgan fingerprint density at radius 2 is 2.44 bits per heavy atom. The first kappa shape index (κ1) is 10.4. The van der Waals surface area contributed by atoms with Gasteiger partial charge in [0, 0.05) is 6.20 Å². The van der Waals surface area contributed by atoms with Gasteiger partial charge in [0.05, 0.1) is 17.5 Å². The molecule has 6 nitrogen and oxygen atoms in total. The maximum Gasteiger partial charge on any atom is 0.348 e. The van der Waals surface area contributed by atoms with E-state index in [2.05, 4.69) is 15.8 Å². The first-order valence-corrected chi connectivity index (χ1v) is 5.17. The smallest absolute Gasteiger partial charge is 0.348 e. The molecule has 2 rings (SSSR count). The molecule has 0 aromatic carbocycles. The zero-order valence-corrected chi connectivity index (χ0v) is 8.75. The van der Waals surface area contributed by atoms with Gasteiger partial charge >= 0.3 is 5.97 Å². The predicted molar refractivity (Wildman–Crippen MR) is 59.6 cm³/mol. The molecule has 0 aliphatic carbocycles. The number of anilines is 1. The van der Waals surface area contributed by atoms with Gasteiger partial charge in [-0.25, -0.2) is 10.2 Å². The van der Waals surface area contributed by atoms with E-state index in [0.29, 0.717) is 11.3 Å². The zero-order valence-electron chi connectivity index (χ0n) is 7.93. The molecule has 16 heavy (non-hydrogen) atoms. The van der Waals surface area contributed by atoms with Gasteiger partial charge in [0.15, 0.2) is 0 Å². The Morgan fingerprint density at radius 1 is 1.62 bits per heavy atom. The Kier molecular flexibility index (Phi) is 2.69. The highest BCUT2D eigenvalue weighted by Crippen LogP contribution is 2.22. The molecule has 1 aromatic heterocycles. The number of carbonyl (C=O) groups excluding carboxylic acids is 1. The van der Waals surface area contributed by atoms with Gasteiger partial charge in [-0.3, -0.25) is 4.79 Å².